The van der Waals surface area contributed by atoms with E-state index in [2.05, 4.69) is 5.32 Å². The van der Waals surface area contributed by atoms with Crippen molar-refractivity contribution in [1.82, 2.24) is 10.2 Å². The predicted molar refractivity (Wildman–Crippen MR) is 71.5 cm³/mol. The van der Waals surface area contributed by atoms with Crippen molar-refractivity contribution < 1.29 is 14.3 Å². The van der Waals surface area contributed by atoms with Crippen molar-refractivity contribution in [3.63, 3.8) is 0 Å². The van der Waals surface area contributed by atoms with Gasteiger partial charge in [0.15, 0.2) is 0 Å². The number of methoxy groups -OCH3 is 1. The van der Waals surface area contributed by atoms with Gasteiger partial charge in [0.05, 0.1) is 6.10 Å². The van der Waals surface area contributed by atoms with E-state index < -0.39 is 6.04 Å². The monoisotopic (exact) mass is 268 g/mol. The van der Waals surface area contributed by atoms with Crippen LogP contribution in [0.25, 0.3) is 0 Å². The van der Waals surface area contributed by atoms with E-state index in [1.807, 2.05) is 20.8 Å². The lowest BCUT2D eigenvalue weighted by molar-refractivity contribution is -0.160. The summed E-state index contributed by atoms with van der Waals surface area (Å²) < 4.78 is 5.26. The first-order chi connectivity index (χ1) is 8.75. The molecule has 0 spiro atoms. The third-order valence-electron chi connectivity index (χ3n) is 4.25. The maximum absolute atomic E-state index is 12.6. The second kappa shape index (κ2) is 4.78. The number of nitrogens with one attached hydrogen (secondary N) is 1. The average Bonchev–Trinajstić information content (AvgIpc) is 2.24. The van der Waals surface area contributed by atoms with Crippen molar-refractivity contribution >= 4 is 11.8 Å². The summed E-state index contributed by atoms with van der Waals surface area (Å²) in [5.41, 5.74) is -0.268. The highest BCUT2D eigenvalue weighted by molar-refractivity contribution is 5.97. The maximum atomic E-state index is 12.6. The van der Waals surface area contributed by atoms with E-state index >= 15 is 0 Å². The van der Waals surface area contributed by atoms with Gasteiger partial charge in [0.1, 0.15) is 12.1 Å². The van der Waals surface area contributed by atoms with Gasteiger partial charge < -0.3 is 15.0 Å². The molecule has 2 fully saturated rings. The van der Waals surface area contributed by atoms with Crippen LogP contribution in [0.5, 0.6) is 0 Å². The van der Waals surface area contributed by atoms with Crippen LogP contribution in [0, 0.1) is 5.41 Å². The van der Waals surface area contributed by atoms with Crippen molar-refractivity contribution in [3.8, 4) is 0 Å². The van der Waals surface area contributed by atoms with E-state index in [1.165, 1.54) is 0 Å². The molecule has 19 heavy (non-hydrogen) atoms. The summed E-state index contributed by atoms with van der Waals surface area (Å²) in [6, 6.07) is -0.671. The first-order valence-electron chi connectivity index (χ1n) is 6.91. The number of carbonyl (C=O) groups excluding carboxylic acids is 2. The van der Waals surface area contributed by atoms with Crippen LogP contribution in [-0.4, -0.2) is 48.1 Å². The molecule has 1 aliphatic heterocycles. The van der Waals surface area contributed by atoms with E-state index in [9.17, 15) is 9.59 Å². The van der Waals surface area contributed by atoms with Crippen LogP contribution < -0.4 is 5.32 Å². The van der Waals surface area contributed by atoms with Crippen molar-refractivity contribution in [2.24, 2.45) is 5.41 Å². The minimum absolute atomic E-state index is 0.0409. The molecule has 1 N–H and O–H groups in total. The number of hydrogen-bond acceptors (Lipinski definition) is 3. The van der Waals surface area contributed by atoms with Gasteiger partial charge in [0.25, 0.3) is 0 Å². The van der Waals surface area contributed by atoms with E-state index in [4.69, 9.17) is 4.74 Å². The number of nitrogens with zero attached hydrogens (tertiary/aromatic N) is 1. The molecule has 108 valence electrons. The zero-order valence-corrected chi connectivity index (χ0v) is 12.4. The van der Waals surface area contributed by atoms with Crippen LogP contribution in [0.15, 0.2) is 0 Å². The van der Waals surface area contributed by atoms with Crippen LogP contribution in [0.4, 0.5) is 0 Å². The second-order valence-electron chi connectivity index (χ2n) is 6.71. The number of amides is 2. The normalized spacial score (nSPS) is 35.9. The van der Waals surface area contributed by atoms with Crippen molar-refractivity contribution in [2.75, 3.05) is 7.11 Å². The first-order valence-corrected chi connectivity index (χ1v) is 6.91. The Morgan fingerprint density at radius 2 is 1.84 bits per heavy atom. The molecule has 2 rings (SSSR count). The first kappa shape index (κ1) is 14.3. The quantitative estimate of drug-likeness (QED) is 0.810. The summed E-state index contributed by atoms with van der Waals surface area (Å²) in [5.74, 6) is -0.0143. The zero-order valence-electron chi connectivity index (χ0n) is 12.4. The Morgan fingerprint density at radius 1 is 1.26 bits per heavy atom. The molecule has 2 unspecified atom stereocenters. The molecule has 0 aromatic carbocycles. The predicted octanol–water partition coefficient (Wildman–Crippen LogP) is 0.925. The number of ether oxygens (including phenoxy) is 1. The average molecular weight is 268 g/mol. The third kappa shape index (κ3) is 2.48. The Hall–Kier alpha value is -1.10. The van der Waals surface area contributed by atoms with Crippen molar-refractivity contribution in [3.05, 3.63) is 0 Å². The smallest absolute Gasteiger partial charge is 0.246 e. The minimum atomic E-state index is -0.433. The Kier molecular flexibility index (Phi) is 3.60. The molecule has 5 heteroatoms. The van der Waals surface area contributed by atoms with E-state index in [0.717, 1.165) is 12.8 Å². The Bertz CT molecular complexity index is 383. The zero-order chi connectivity index (χ0) is 14.4. The summed E-state index contributed by atoms with van der Waals surface area (Å²) in [4.78, 5) is 26.5. The van der Waals surface area contributed by atoms with Crippen LogP contribution in [0.2, 0.25) is 0 Å². The van der Waals surface area contributed by atoms with Gasteiger partial charge in [0.2, 0.25) is 11.8 Å². The highest BCUT2D eigenvalue weighted by Crippen LogP contribution is 2.33. The molecule has 0 radical (unpaired) electrons. The molecule has 1 heterocycles. The lowest BCUT2D eigenvalue weighted by atomic mass is 9.80. The lowest BCUT2D eigenvalue weighted by Gasteiger charge is -2.50. The standard InChI is InChI=1S/C14H24N2O3/c1-8-12(17)15-11(14(2,3)4)13(18)16(8)9-6-10(7-9)19-5/h8-11H,6-7H2,1-5H3,(H,15,17). The molecule has 1 saturated carbocycles. The van der Waals surface area contributed by atoms with Gasteiger partial charge in [-0.15, -0.1) is 0 Å². The van der Waals surface area contributed by atoms with Gasteiger partial charge >= 0.3 is 0 Å². The summed E-state index contributed by atoms with van der Waals surface area (Å²) in [5, 5.41) is 2.85. The van der Waals surface area contributed by atoms with Gasteiger partial charge in [-0.25, -0.2) is 0 Å². The van der Waals surface area contributed by atoms with Gasteiger partial charge in [-0.05, 0) is 25.2 Å². The van der Waals surface area contributed by atoms with Crippen molar-refractivity contribution in [2.45, 2.75) is 64.8 Å². The van der Waals surface area contributed by atoms with E-state index in [0.29, 0.717) is 0 Å². The molecular weight excluding hydrogens is 244 g/mol. The molecule has 0 aromatic rings. The third-order valence-corrected chi connectivity index (χ3v) is 4.25. The Balaban J connectivity index is 2.16. The van der Waals surface area contributed by atoms with Gasteiger partial charge in [0, 0.05) is 13.2 Å². The van der Waals surface area contributed by atoms with Gasteiger partial charge in [-0.1, -0.05) is 20.8 Å². The maximum Gasteiger partial charge on any atom is 0.246 e. The lowest BCUT2D eigenvalue weighted by Crippen LogP contribution is -2.69. The summed E-state index contributed by atoms with van der Waals surface area (Å²) in [6.07, 6.45) is 1.89. The van der Waals surface area contributed by atoms with Gasteiger partial charge in [-0.3, -0.25) is 9.59 Å². The Labute approximate surface area is 114 Å². The molecule has 0 bridgehead atoms. The van der Waals surface area contributed by atoms with Gasteiger partial charge in [-0.2, -0.15) is 0 Å². The number of rotatable bonds is 2. The molecular formula is C14H24N2O3. The topological polar surface area (TPSA) is 58.6 Å². The highest BCUT2D eigenvalue weighted by atomic mass is 16.5. The summed E-state index contributed by atoms with van der Waals surface area (Å²) in [6.45, 7) is 7.72. The summed E-state index contributed by atoms with van der Waals surface area (Å²) in [7, 11) is 1.69. The minimum Gasteiger partial charge on any atom is -0.381 e. The van der Waals surface area contributed by atoms with Crippen molar-refractivity contribution in [1.29, 1.82) is 0 Å². The molecule has 2 amide bonds. The molecule has 1 saturated heterocycles. The SMILES string of the molecule is COC1CC(N2C(=O)C(C(C)(C)C)NC(=O)C2C)C1. The Morgan fingerprint density at radius 3 is 2.32 bits per heavy atom. The van der Waals surface area contributed by atoms with Crippen LogP contribution in [0.1, 0.15) is 40.5 Å². The summed E-state index contributed by atoms with van der Waals surface area (Å²) >= 11 is 0. The fraction of sp³-hybridized carbons (Fsp3) is 0.857. The van der Waals surface area contributed by atoms with Crippen LogP contribution >= 0.6 is 0 Å². The molecule has 2 aliphatic rings. The molecule has 2 atom stereocenters. The molecule has 0 aromatic heterocycles. The van der Waals surface area contributed by atoms with Crippen LogP contribution in [0.3, 0.4) is 0 Å². The molecule has 1 aliphatic carbocycles. The highest BCUT2D eigenvalue weighted by Gasteiger charge is 2.48. The number of carbonyl (C=O) groups is 2. The number of hydrogen-bond donors (Lipinski definition) is 1. The molecule has 5 nitrogen and oxygen atoms in total. The largest absolute Gasteiger partial charge is 0.381 e. The van der Waals surface area contributed by atoms with E-state index in [-0.39, 0.29) is 35.4 Å². The fourth-order valence-corrected chi connectivity index (χ4v) is 2.83. The second-order valence-corrected chi connectivity index (χ2v) is 6.71. The fourth-order valence-electron chi connectivity index (χ4n) is 2.83. The number of piperazine rings is 1. The van der Waals surface area contributed by atoms with Crippen LogP contribution in [-0.2, 0) is 14.3 Å². The van der Waals surface area contributed by atoms with E-state index in [1.54, 1.807) is 18.9 Å².